The highest BCUT2D eigenvalue weighted by Crippen LogP contribution is 2.20. The largest absolute Gasteiger partial charge is 0.371 e. The van der Waals surface area contributed by atoms with Crippen molar-refractivity contribution < 1.29 is 4.74 Å². The predicted octanol–water partition coefficient (Wildman–Crippen LogP) is 3.78. The number of hydrogen-bond donors (Lipinski definition) is 0. The van der Waals surface area contributed by atoms with Crippen LogP contribution >= 0.6 is 0 Å². The lowest BCUT2D eigenvalue weighted by molar-refractivity contribution is -0.0482. The predicted molar refractivity (Wildman–Crippen MR) is 60.2 cm³/mol. The minimum Gasteiger partial charge on any atom is -0.371 e. The zero-order valence-corrected chi connectivity index (χ0v) is 9.42. The second-order valence-corrected chi connectivity index (χ2v) is 3.93. The van der Waals surface area contributed by atoms with Gasteiger partial charge in [0.15, 0.2) is 0 Å². The zero-order valence-electron chi connectivity index (χ0n) is 9.42. The van der Waals surface area contributed by atoms with E-state index in [2.05, 4.69) is 32.9 Å². The summed E-state index contributed by atoms with van der Waals surface area (Å²) >= 11 is 0. The first-order valence-corrected chi connectivity index (χ1v) is 5.38. The summed E-state index contributed by atoms with van der Waals surface area (Å²) in [5.41, 5.74) is 1.29. The van der Waals surface area contributed by atoms with E-state index < -0.39 is 0 Å². The molecule has 0 aliphatic carbocycles. The Kier molecular flexibility index (Phi) is 4.15. The number of rotatable bonds is 5. The van der Waals surface area contributed by atoms with Crippen LogP contribution in [0.15, 0.2) is 30.3 Å². The lowest BCUT2D eigenvalue weighted by Crippen LogP contribution is -2.26. The number of ether oxygens (including phenoxy) is 1. The highest BCUT2D eigenvalue weighted by atomic mass is 16.5. The zero-order chi connectivity index (χ0) is 10.4. The molecule has 0 heterocycles. The Morgan fingerprint density at radius 3 is 2.14 bits per heavy atom. The minimum absolute atomic E-state index is 0.0375. The molecule has 0 aromatic heterocycles. The van der Waals surface area contributed by atoms with Crippen molar-refractivity contribution in [3.8, 4) is 0 Å². The SMILES string of the molecule is CCC(C)(CC)OCc1ccccc1. The maximum Gasteiger partial charge on any atom is 0.0724 e. The van der Waals surface area contributed by atoms with Crippen LogP contribution in [0.3, 0.4) is 0 Å². The Balaban J connectivity index is 2.48. The van der Waals surface area contributed by atoms with Gasteiger partial charge in [-0.25, -0.2) is 0 Å². The van der Waals surface area contributed by atoms with Crippen LogP contribution in [0.2, 0.25) is 0 Å². The van der Waals surface area contributed by atoms with Crippen molar-refractivity contribution in [2.45, 2.75) is 45.8 Å². The van der Waals surface area contributed by atoms with E-state index in [4.69, 9.17) is 4.74 Å². The lowest BCUT2D eigenvalue weighted by Gasteiger charge is -2.27. The Hall–Kier alpha value is -0.820. The van der Waals surface area contributed by atoms with E-state index in [1.807, 2.05) is 18.2 Å². The second-order valence-electron chi connectivity index (χ2n) is 3.93. The molecule has 0 spiro atoms. The smallest absolute Gasteiger partial charge is 0.0724 e. The summed E-state index contributed by atoms with van der Waals surface area (Å²) < 4.78 is 5.91. The molecule has 1 heteroatoms. The Morgan fingerprint density at radius 2 is 1.64 bits per heavy atom. The van der Waals surface area contributed by atoms with Crippen molar-refractivity contribution in [1.29, 1.82) is 0 Å². The fourth-order valence-corrected chi connectivity index (χ4v) is 1.29. The molecule has 0 fully saturated rings. The molecule has 78 valence electrons. The maximum absolute atomic E-state index is 5.91. The van der Waals surface area contributed by atoms with Crippen molar-refractivity contribution in [3.05, 3.63) is 35.9 Å². The maximum atomic E-state index is 5.91. The fraction of sp³-hybridized carbons (Fsp3) is 0.538. The molecule has 0 atom stereocenters. The fourth-order valence-electron chi connectivity index (χ4n) is 1.29. The molecule has 0 bridgehead atoms. The second kappa shape index (κ2) is 5.16. The summed E-state index contributed by atoms with van der Waals surface area (Å²) in [4.78, 5) is 0. The van der Waals surface area contributed by atoms with Crippen LogP contribution in [0, 0.1) is 0 Å². The summed E-state index contributed by atoms with van der Waals surface area (Å²) in [6.45, 7) is 7.25. The molecule has 0 unspecified atom stereocenters. The first-order valence-electron chi connectivity index (χ1n) is 5.38. The lowest BCUT2D eigenvalue weighted by atomic mass is 10.00. The number of hydrogen-bond acceptors (Lipinski definition) is 1. The normalized spacial score (nSPS) is 11.6. The van der Waals surface area contributed by atoms with Crippen LogP contribution < -0.4 is 0 Å². The summed E-state index contributed by atoms with van der Waals surface area (Å²) in [7, 11) is 0. The van der Waals surface area contributed by atoms with Gasteiger partial charge in [0.05, 0.1) is 12.2 Å². The molecule has 1 nitrogen and oxygen atoms in total. The molecule has 1 rings (SSSR count). The van der Waals surface area contributed by atoms with Crippen LogP contribution in [0.1, 0.15) is 39.2 Å². The van der Waals surface area contributed by atoms with Crippen molar-refractivity contribution in [2.75, 3.05) is 0 Å². The molecule has 0 radical (unpaired) electrons. The van der Waals surface area contributed by atoms with E-state index in [0.717, 1.165) is 19.4 Å². The van der Waals surface area contributed by atoms with Crippen molar-refractivity contribution >= 4 is 0 Å². The van der Waals surface area contributed by atoms with Crippen molar-refractivity contribution in [1.82, 2.24) is 0 Å². The highest BCUT2D eigenvalue weighted by Gasteiger charge is 2.19. The van der Waals surface area contributed by atoms with Gasteiger partial charge in [-0.3, -0.25) is 0 Å². The molecular weight excluding hydrogens is 172 g/mol. The van der Waals surface area contributed by atoms with E-state index in [-0.39, 0.29) is 5.60 Å². The average molecular weight is 192 g/mol. The molecule has 0 saturated carbocycles. The summed E-state index contributed by atoms with van der Waals surface area (Å²) in [5, 5.41) is 0. The molecular formula is C13H20O. The highest BCUT2D eigenvalue weighted by molar-refractivity contribution is 5.13. The first-order chi connectivity index (χ1) is 6.70. The van der Waals surface area contributed by atoms with Crippen LogP contribution in [-0.4, -0.2) is 5.60 Å². The molecule has 0 N–H and O–H groups in total. The molecule has 0 aliphatic heterocycles. The first kappa shape index (κ1) is 11.3. The topological polar surface area (TPSA) is 9.23 Å². The molecule has 0 saturated heterocycles. The van der Waals surface area contributed by atoms with Crippen molar-refractivity contribution in [3.63, 3.8) is 0 Å². The van der Waals surface area contributed by atoms with Crippen LogP contribution in [0.5, 0.6) is 0 Å². The van der Waals surface area contributed by atoms with Crippen molar-refractivity contribution in [2.24, 2.45) is 0 Å². The molecule has 0 aliphatic rings. The van der Waals surface area contributed by atoms with Gasteiger partial charge in [-0.1, -0.05) is 44.2 Å². The monoisotopic (exact) mass is 192 g/mol. The van der Waals surface area contributed by atoms with Gasteiger partial charge in [-0.15, -0.1) is 0 Å². The van der Waals surface area contributed by atoms with Gasteiger partial charge >= 0.3 is 0 Å². The molecule has 1 aromatic rings. The summed E-state index contributed by atoms with van der Waals surface area (Å²) in [5.74, 6) is 0. The number of benzene rings is 1. The van der Waals surface area contributed by atoms with Gasteiger partial charge in [0.25, 0.3) is 0 Å². The summed E-state index contributed by atoms with van der Waals surface area (Å²) in [6, 6.07) is 10.3. The van der Waals surface area contributed by atoms with Gasteiger partial charge in [0.2, 0.25) is 0 Å². The average Bonchev–Trinajstić information content (AvgIpc) is 2.27. The van der Waals surface area contributed by atoms with E-state index >= 15 is 0 Å². The third kappa shape index (κ3) is 3.15. The van der Waals surface area contributed by atoms with E-state index in [1.165, 1.54) is 5.56 Å². The van der Waals surface area contributed by atoms with Gasteiger partial charge in [0.1, 0.15) is 0 Å². The Labute approximate surface area is 87.1 Å². The van der Waals surface area contributed by atoms with E-state index in [9.17, 15) is 0 Å². The van der Waals surface area contributed by atoms with Gasteiger partial charge < -0.3 is 4.74 Å². The third-order valence-corrected chi connectivity index (χ3v) is 2.93. The van der Waals surface area contributed by atoms with Gasteiger partial charge in [-0.2, -0.15) is 0 Å². The summed E-state index contributed by atoms with van der Waals surface area (Å²) in [6.07, 6.45) is 2.13. The minimum atomic E-state index is 0.0375. The Bertz CT molecular complexity index is 249. The molecule has 14 heavy (non-hydrogen) atoms. The Morgan fingerprint density at radius 1 is 1.07 bits per heavy atom. The van der Waals surface area contributed by atoms with E-state index in [1.54, 1.807) is 0 Å². The quantitative estimate of drug-likeness (QED) is 0.689. The molecule has 1 aromatic carbocycles. The van der Waals surface area contributed by atoms with Crippen LogP contribution in [0.4, 0.5) is 0 Å². The third-order valence-electron chi connectivity index (χ3n) is 2.93. The van der Waals surface area contributed by atoms with Gasteiger partial charge in [-0.05, 0) is 25.3 Å². The van der Waals surface area contributed by atoms with E-state index in [0.29, 0.717) is 0 Å². The van der Waals surface area contributed by atoms with Crippen LogP contribution in [-0.2, 0) is 11.3 Å². The standard InChI is InChI=1S/C13H20O/c1-4-13(3,5-2)14-11-12-9-7-6-8-10-12/h6-10H,4-5,11H2,1-3H3. The van der Waals surface area contributed by atoms with Gasteiger partial charge in [0, 0.05) is 0 Å². The van der Waals surface area contributed by atoms with Crippen LogP contribution in [0.25, 0.3) is 0 Å². The molecule has 0 amide bonds.